The van der Waals surface area contributed by atoms with Gasteiger partial charge >= 0.3 is 0 Å². The first-order valence-electron chi connectivity index (χ1n) is 6.60. The summed E-state index contributed by atoms with van der Waals surface area (Å²) in [6.07, 6.45) is 2.02. The van der Waals surface area contributed by atoms with E-state index in [1.807, 2.05) is 50.6 Å². The first-order chi connectivity index (χ1) is 10.1. The molecule has 4 nitrogen and oxygen atoms in total. The number of benzene rings is 1. The molecular formula is C16H16BrN3O. The Morgan fingerprint density at radius 3 is 2.71 bits per heavy atom. The van der Waals surface area contributed by atoms with Gasteiger partial charge < -0.3 is 9.64 Å². The fraction of sp³-hybridized carbons (Fsp3) is 0.188. The summed E-state index contributed by atoms with van der Waals surface area (Å²) < 4.78 is 8.23. The molecule has 0 unspecified atom stereocenters. The van der Waals surface area contributed by atoms with Gasteiger partial charge in [0.25, 0.3) is 0 Å². The van der Waals surface area contributed by atoms with Gasteiger partial charge in [-0.2, -0.15) is 0 Å². The van der Waals surface area contributed by atoms with Crippen molar-refractivity contribution in [1.82, 2.24) is 9.38 Å². The Balaban J connectivity index is 2.27. The van der Waals surface area contributed by atoms with Crippen molar-refractivity contribution >= 4 is 27.1 Å². The first-order valence-corrected chi connectivity index (χ1v) is 7.39. The topological polar surface area (TPSA) is 29.8 Å². The second-order valence-electron chi connectivity index (χ2n) is 4.96. The average Bonchev–Trinajstić information content (AvgIpc) is 2.84. The Bertz CT molecular complexity index is 795. The second-order valence-corrected chi connectivity index (χ2v) is 5.72. The van der Waals surface area contributed by atoms with Crippen LogP contribution in [0, 0.1) is 0 Å². The number of methoxy groups -OCH3 is 1. The number of hydrogen-bond donors (Lipinski definition) is 0. The van der Waals surface area contributed by atoms with Gasteiger partial charge in [0, 0.05) is 25.9 Å². The normalized spacial score (nSPS) is 10.9. The Morgan fingerprint density at radius 1 is 1.19 bits per heavy atom. The second kappa shape index (κ2) is 5.41. The predicted molar refractivity (Wildman–Crippen MR) is 89.2 cm³/mol. The largest absolute Gasteiger partial charge is 0.497 e. The summed E-state index contributed by atoms with van der Waals surface area (Å²) >= 11 is 3.58. The number of aromatic nitrogens is 2. The maximum absolute atomic E-state index is 5.30. The van der Waals surface area contributed by atoms with Crippen LogP contribution in [0.2, 0.25) is 0 Å². The molecule has 0 aliphatic carbocycles. The standard InChI is InChI=1S/C16H16BrN3O/c1-19(2)13-8-5-9-20-14(13)15(17)18-16(20)11-6-4-7-12(10-11)21-3/h4-10H,1-3H3. The van der Waals surface area contributed by atoms with Gasteiger partial charge in [0.2, 0.25) is 0 Å². The van der Waals surface area contributed by atoms with Crippen molar-refractivity contribution in [3.05, 3.63) is 47.2 Å². The van der Waals surface area contributed by atoms with Crippen molar-refractivity contribution in [2.45, 2.75) is 0 Å². The molecule has 108 valence electrons. The fourth-order valence-electron chi connectivity index (χ4n) is 2.41. The molecule has 0 N–H and O–H groups in total. The maximum Gasteiger partial charge on any atom is 0.146 e. The van der Waals surface area contributed by atoms with E-state index in [9.17, 15) is 0 Å². The number of ether oxygens (including phenoxy) is 1. The van der Waals surface area contributed by atoms with Crippen LogP contribution in [0.5, 0.6) is 5.75 Å². The number of rotatable bonds is 3. The van der Waals surface area contributed by atoms with Gasteiger partial charge in [0.15, 0.2) is 0 Å². The number of anilines is 1. The highest BCUT2D eigenvalue weighted by atomic mass is 79.9. The molecule has 0 spiro atoms. The number of fused-ring (bicyclic) bond motifs is 1. The molecule has 2 heterocycles. The van der Waals surface area contributed by atoms with Crippen LogP contribution in [-0.4, -0.2) is 30.6 Å². The molecule has 0 aliphatic rings. The molecule has 21 heavy (non-hydrogen) atoms. The van der Waals surface area contributed by atoms with Crippen LogP contribution in [0.1, 0.15) is 0 Å². The third-order valence-corrected chi connectivity index (χ3v) is 3.96. The number of nitrogens with zero attached hydrogens (tertiary/aromatic N) is 3. The van der Waals surface area contributed by atoms with Crippen molar-refractivity contribution in [3.8, 4) is 17.1 Å². The number of imidazole rings is 1. The van der Waals surface area contributed by atoms with Crippen molar-refractivity contribution in [2.24, 2.45) is 0 Å². The van der Waals surface area contributed by atoms with E-state index in [0.717, 1.165) is 32.9 Å². The maximum atomic E-state index is 5.30. The molecule has 0 saturated heterocycles. The highest BCUT2D eigenvalue weighted by Gasteiger charge is 2.15. The van der Waals surface area contributed by atoms with Crippen LogP contribution in [0.4, 0.5) is 5.69 Å². The zero-order valence-electron chi connectivity index (χ0n) is 12.2. The lowest BCUT2D eigenvalue weighted by atomic mass is 10.2. The Kier molecular flexibility index (Phi) is 3.59. The van der Waals surface area contributed by atoms with Gasteiger partial charge in [-0.05, 0) is 40.2 Å². The lowest BCUT2D eigenvalue weighted by Crippen LogP contribution is -2.09. The zero-order valence-corrected chi connectivity index (χ0v) is 13.8. The summed E-state index contributed by atoms with van der Waals surface area (Å²) in [6, 6.07) is 12.0. The summed E-state index contributed by atoms with van der Waals surface area (Å²) in [5.41, 5.74) is 3.19. The van der Waals surface area contributed by atoms with E-state index in [1.54, 1.807) is 7.11 Å². The van der Waals surface area contributed by atoms with Crippen molar-refractivity contribution in [1.29, 1.82) is 0 Å². The molecule has 5 heteroatoms. The molecule has 0 amide bonds. The lowest BCUT2D eigenvalue weighted by molar-refractivity contribution is 0.415. The quantitative estimate of drug-likeness (QED) is 0.722. The van der Waals surface area contributed by atoms with Crippen LogP contribution in [0.25, 0.3) is 16.9 Å². The molecule has 0 saturated carbocycles. The predicted octanol–water partition coefficient (Wildman–Crippen LogP) is 3.84. The Hall–Kier alpha value is -2.01. The monoisotopic (exact) mass is 345 g/mol. The molecule has 1 aromatic carbocycles. The van der Waals surface area contributed by atoms with Gasteiger partial charge in [0.05, 0.1) is 12.8 Å². The van der Waals surface area contributed by atoms with Crippen molar-refractivity contribution in [2.75, 3.05) is 26.1 Å². The minimum Gasteiger partial charge on any atom is -0.497 e. The highest BCUT2D eigenvalue weighted by molar-refractivity contribution is 9.10. The third kappa shape index (κ3) is 2.38. The molecule has 3 rings (SSSR count). The Labute approximate surface area is 132 Å². The SMILES string of the molecule is COc1cccc(-c2nc(Br)c3c(N(C)C)cccn23)c1. The molecule has 0 atom stereocenters. The van der Waals surface area contributed by atoms with E-state index >= 15 is 0 Å². The summed E-state index contributed by atoms with van der Waals surface area (Å²) in [4.78, 5) is 6.76. The minimum atomic E-state index is 0.823. The molecule has 3 aromatic rings. The van der Waals surface area contributed by atoms with Gasteiger partial charge in [-0.3, -0.25) is 4.40 Å². The van der Waals surface area contributed by atoms with Crippen molar-refractivity contribution in [3.63, 3.8) is 0 Å². The van der Waals surface area contributed by atoms with E-state index in [-0.39, 0.29) is 0 Å². The number of halogens is 1. The lowest BCUT2D eigenvalue weighted by Gasteiger charge is -2.14. The van der Waals surface area contributed by atoms with Crippen LogP contribution in [0.15, 0.2) is 47.2 Å². The van der Waals surface area contributed by atoms with Crippen molar-refractivity contribution < 1.29 is 4.74 Å². The molecule has 0 bridgehead atoms. The van der Waals surface area contributed by atoms with Crippen LogP contribution >= 0.6 is 15.9 Å². The fourth-order valence-corrected chi connectivity index (χ4v) is 2.97. The van der Waals surface area contributed by atoms with Gasteiger partial charge in [-0.15, -0.1) is 0 Å². The summed E-state index contributed by atoms with van der Waals surface area (Å²) in [5, 5.41) is 0. The van der Waals surface area contributed by atoms with E-state index in [4.69, 9.17) is 4.74 Å². The molecular weight excluding hydrogens is 330 g/mol. The third-order valence-electron chi connectivity index (χ3n) is 3.41. The van der Waals surface area contributed by atoms with E-state index in [0.29, 0.717) is 0 Å². The Morgan fingerprint density at radius 2 is 2.00 bits per heavy atom. The van der Waals surface area contributed by atoms with E-state index in [1.165, 1.54) is 0 Å². The minimum absolute atomic E-state index is 0.823. The van der Waals surface area contributed by atoms with E-state index < -0.39 is 0 Å². The summed E-state index contributed by atoms with van der Waals surface area (Å²) in [6.45, 7) is 0. The van der Waals surface area contributed by atoms with Gasteiger partial charge in [-0.25, -0.2) is 4.98 Å². The summed E-state index contributed by atoms with van der Waals surface area (Å²) in [7, 11) is 5.73. The van der Waals surface area contributed by atoms with Crippen LogP contribution in [0.3, 0.4) is 0 Å². The first kappa shape index (κ1) is 13.9. The average molecular weight is 346 g/mol. The summed E-state index contributed by atoms with van der Waals surface area (Å²) in [5.74, 6) is 1.71. The highest BCUT2D eigenvalue weighted by Crippen LogP contribution is 2.32. The van der Waals surface area contributed by atoms with Gasteiger partial charge in [0.1, 0.15) is 21.7 Å². The zero-order chi connectivity index (χ0) is 15.0. The number of pyridine rings is 1. The molecule has 2 aromatic heterocycles. The van der Waals surface area contributed by atoms with Crippen LogP contribution in [-0.2, 0) is 0 Å². The molecule has 0 fully saturated rings. The smallest absolute Gasteiger partial charge is 0.146 e. The van der Waals surface area contributed by atoms with Gasteiger partial charge in [-0.1, -0.05) is 12.1 Å². The number of hydrogen-bond acceptors (Lipinski definition) is 3. The van der Waals surface area contributed by atoms with Crippen LogP contribution < -0.4 is 9.64 Å². The molecule has 0 radical (unpaired) electrons. The molecule has 0 aliphatic heterocycles. The van der Waals surface area contributed by atoms with E-state index in [2.05, 4.69) is 36.3 Å².